The summed E-state index contributed by atoms with van der Waals surface area (Å²) in [7, 11) is 1.47. The second-order valence-electron chi connectivity index (χ2n) is 6.29. The lowest BCUT2D eigenvalue weighted by atomic mass is 9.93. The zero-order valence-electron chi connectivity index (χ0n) is 12.9. The summed E-state index contributed by atoms with van der Waals surface area (Å²) in [4.78, 5) is 25.9. The summed E-state index contributed by atoms with van der Waals surface area (Å²) in [5.74, 6) is -0.00500. The van der Waals surface area contributed by atoms with Crippen molar-refractivity contribution >= 4 is 11.8 Å². The van der Waals surface area contributed by atoms with Crippen molar-refractivity contribution < 1.29 is 14.3 Å². The number of nitrogens with two attached hydrogens (primary N) is 1. The number of nitrogens with one attached hydrogen (secondary N) is 1. The molecule has 0 aromatic carbocycles. The standard InChI is InChI=1S/C14H27N3O3/c1-14(2,3)13(19)17-7-5-10(6-8-17)16-12(18)11(9-15)20-4/h10-11H,5-9,15H2,1-4H3,(H,16,18). The molecule has 20 heavy (non-hydrogen) atoms. The molecule has 6 heteroatoms. The second-order valence-corrected chi connectivity index (χ2v) is 6.29. The van der Waals surface area contributed by atoms with Gasteiger partial charge in [-0.2, -0.15) is 0 Å². The van der Waals surface area contributed by atoms with Gasteiger partial charge in [0.25, 0.3) is 5.91 Å². The summed E-state index contributed by atoms with van der Waals surface area (Å²) >= 11 is 0. The Bertz CT molecular complexity index is 340. The van der Waals surface area contributed by atoms with Crippen LogP contribution in [-0.2, 0) is 14.3 Å². The van der Waals surface area contributed by atoms with E-state index in [1.807, 2.05) is 25.7 Å². The highest BCUT2D eigenvalue weighted by Gasteiger charge is 2.31. The van der Waals surface area contributed by atoms with E-state index in [0.29, 0.717) is 13.1 Å². The number of piperidine rings is 1. The highest BCUT2D eigenvalue weighted by atomic mass is 16.5. The number of hydrogen-bond acceptors (Lipinski definition) is 4. The summed E-state index contributed by atoms with van der Waals surface area (Å²) in [6.07, 6.45) is 0.951. The Morgan fingerprint density at radius 1 is 1.35 bits per heavy atom. The monoisotopic (exact) mass is 285 g/mol. The molecule has 6 nitrogen and oxygen atoms in total. The Labute approximate surface area is 121 Å². The van der Waals surface area contributed by atoms with E-state index in [-0.39, 0.29) is 29.8 Å². The molecule has 2 amide bonds. The third kappa shape index (κ3) is 4.45. The van der Waals surface area contributed by atoms with Crippen LogP contribution in [0.3, 0.4) is 0 Å². The molecule has 1 fully saturated rings. The van der Waals surface area contributed by atoms with Crippen LogP contribution in [-0.4, -0.2) is 55.6 Å². The van der Waals surface area contributed by atoms with Gasteiger partial charge in [0.2, 0.25) is 5.91 Å². The molecule has 0 radical (unpaired) electrons. The van der Waals surface area contributed by atoms with E-state index in [1.54, 1.807) is 0 Å². The van der Waals surface area contributed by atoms with E-state index in [0.717, 1.165) is 12.8 Å². The number of methoxy groups -OCH3 is 1. The van der Waals surface area contributed by atoms with Gasteiger partial charge in [0.05, 0.1) is 0 Å². The molecule has 1 saturated heterocycles. The van der Waals surface area contributed by atoms with Gasteiger partial charge in [-0.3, -0.25) is 9.59 Å². The lowest BCUT2D eigenvalue weighted by Crippen LogP contribution is -2.51. The maximum Gasteiger partial charge on any atom is 0.250 e. The molecule has 1 aliphatic heterocycles. The van der Waals surface area contributed by atoms with Crippen LogP contribution in [0.1, 0.15) is 33.6 Å². The summed E-state index contributed by atoms with van der Waals surface area (Å²) < 4.78 is 5.01. The molecule has 0 spiro atoms. The van der Waals surface area contributed by atoms with E-state index in [9.17, 15) is 9.59 Å². The molecule has 0 bridgehead atoms. The van der Waals surface area contributed by atoms with Gasteiger partial charge in [0, 0.05) is 38.2 Å². The van der Waals surface area contributed by atoms with E-state index in [1.165, 1.54) is 7.11 Å². The molecule has 0 saturated carbocycles. The van der Waals surface area contributed by atoms with Crippen LogP contribution in [0.4, 0.5) is 0 Å². The van der Waals surface area contributed by atoms with Crippen molar-refractivity contribution in [3.05, 3.63) is 0 Å². The number of carbonyl (C=O) groups excluding carboxylic acids is 2. The van der Waals surface area contributed by atoms with Gasteiger partial charge in [-0.05, 0) is 12.8 Å². The van der Waals surface area contributed by atoms with Crippen molar-refractivity contribution in [2.75, 3.05) is 26.7 Å². The van der Waals surface area contributed by atoms with Crippen molar-refractivity contribution in [2.24, 2.45) is 11.1 Å². The molecule has 3 N–H and O–H groups in total. The zero-order valence-corrected chi connectivity index (χ0v) is 12.9. The molecule has 1 heterocycles. The molecule has 0 aliphatic carbocycles. The fraction of sp³-hybridized carbons (Fsp3) is 0.857. The fourth-order valence-corrected chi connectivity index (χ4v) is 2.31. The highest BCUT2D eigenvalue weighted by molar-refractivity contribution is 5.82. The minimum atomic E-state index is -0.593. The van der Waals surface area contributed by atoms with E-state index >= 15 is 0 Å². The van der Waals surface area contributed by atoms with Crippen LogP contribution < -0.4 is 11.1 Å². The largest absolute Gasteiger partial charge is 0.370 e. The first-order chi connectivity index (χ1) is 9.29. The summed E-state index contributed by atoms with van der Waals surface area (Å²) in [5, 5.41) is 2.94. The molecule has 0 aromatic rings. The van der Waals surface area contributed by atoms with Gasteiger partial charge in [-0.25, -0.2) is 0 Å². The maximum absolute atomic E-state index is 12.2. The topological polar surface area (TPSA) is 84.7 Å². The van der Waals surface area contributed by atoms with Gasteiger partial charge >= 0.3 is 0 Å². The lowest BCUT2D eigenvalue weighted by Gasteiger charge is -2.36. The normalized spacial score (nSPS) is 18.8. The third-order valence-corrected chi connectivity index (χ3v) is 3.56. The highest BCUT2D eigenvalue weighted by Crippen LogP contribution is 2.21. The Balaban J connectivity index is 2.43. The second kappa shape index (κ2) is 7.04. The molecular formula is C14H27N3O3. The predicted octanol–water partition coefficient (Wildman–Crippen LogP) is 0.113. The van der Waals surface area contributed by atoms with Crippen molar-refractivity contribution in [1.29, 1.82) is 0 Å². The summed E-state index contributed by atoms with van der Waals surface area (Å²) in [5.41, 5.74) is 5.11. The molecule has 0 aromatic heterocycles. The number of likely N-dealkylation sites (tertiary alicyclic amines) is 1. The van der Waals surface area contributed by atoms with Crippen LogP contribution >= 0.6 is 0 Å². The molecule has 1 aliphatic rings. The van der Waals surface area contributed by atoms with Gasteiger partial charge in [-0.15, -0.1) is 0 Å². The number of ether oxygens (including phenoxy) is 1. The van der Waals surface area contributed by atoms with E-state index in [2.05, 4.69) is 5.32 Å². The first-order valence-electron chi connectivity index (χ1n) is 7.12. The Morgan fingerprint density at radius 3 is 2.30 bits per heavy atom. The maximum atomic E-state index is 12.2. The van der Waals surface area contributed by atoms with Crippen molar-refractivity contribution in [3.8, 4) is 0 Å². The van der Waals surface area contributed by atoms with Crippen LogP contribution in [0.2, 0.25) is 0 Å². The number of amides is 2. The predicted molar refractivity (Wildman–Crippen MR) is 77.1 cm³/mol. The Hall–Kier alpha value is -1.14. The van der Waals surface area contributed by atoms with Gasteiger partial charge in [0.15, 0.2) is 0 Å². The fourth-order valence-electron chi connectivity index (χ4n) is 2.31. The molecule has 116 valence electrons. The van der Waals surface area contributed by atoms with E-state index < -0.39 is 6.10 Å². The molecule has 1 unspecified atom stereocenters. The minimum absolute atomic E-state index is 0.0933. The van der Waals surface area contributed by atoms with Crippen molar-refractivity contribution in [2.45, 2.75) is 45.8 Å². The average molecular weight is 285 g/mol. The number of hydrogen-bond donors (Lipinski definition) is 2. The van der Waals surface area contributed by atoms with Gasteiger partial charge in [-0.1, -0.05) is 20.8 Å². The zero-order chi connectivity index (χ0) is 15.3. The molecular weight excluding hydrogens is 258 g/mol. The Morgan fingerprint density at radius 2 is 1.90 bits per heavy atom. The Kier molecular flexibility index (Phi) is 5.95. The van der Waals surface area contributed by atoms with Crippen molar-refractivity contribution in [1.82, 2.24) is 10.2 Å². The quantitative estimate of drug-likeness (QED) is 0.768. The van der Waals surface area contributed by atoms with Gasteiger partial charge < -0.3 is 20.7 Å². The van der Waals surface area contributed by atoms with Crippen LogP contribution in [0.5, 0.6) is 0 Å². The number of carbonyl (C=O) groups is 2. The first kappa shape index (κ1) is 16.9. The molecule has 1 atom stereocenters. The summed E-state index contributed by atoms with van der Waals surface area (Å²) in [6.45, 7) is 7.31. The minimum Gasteiger partial charge on any atom is -0.370 e. The lowest BCUT2D eigenvalue weighted by molar-refractivity contribution is -0.140. The van der Waals surface area contributed by atoms with Gasteiger partial charge in [0.1, 0.15) is 6.10 Å². The van der Waals surface area contributed by atoms with E-state index in [4.69, 9.17) is 10.5 Å². The third-order valence-electron chi connectivity index (χ3n) is 3.56. The van der Waals surface area contributed by atoms with Crippen molar-refractivity contribution in [3.63, 3.8) is 0 Å². The smallest absolute Gasteiger partial charge is 0.250 e. The number of rotatable bonds is 4. The first-order valence-corrected chi connectivity index (χ1v) is 7.12. The van der Waals surface area contributed by atoms with Crippen LogP contribution in [0.15, 0.2) is 0 Å². The SMILES string of the molecule is COC(CN)C(=O)NC1CCN(C(=O)C(C)(C)C)CC1. The number of nitrogens with zero attached hydrogens (tertiary/aromatic N) is 1. The summed E-state index contributed by atoms with van der Waals surface area (Å²) in [6, 6.07) is 0.0933. The van der Waals surface area contributed by atoms with Crippen LogP contribution in [0.25, 0.3) is 0 Å². The van der Waals surface area contributed by atoms with Crippen LogP contribution in [0, 0.1) is 5.41 Å². The molecule has 1 rings (SSSR count). The average Bonchev–Trinajstić information content (AvgIpc) is 2.39.